The summed E-state index contributed by atoms with van der Waals surface area (Å²) in [5, 5.41) is 3.16. The summed E-state index contributed by atoms with van der Waals surface area (Å²) in [5.74, 6) is 0. The van der Waals surface area contributed by atoms with Gasteiger partial charge in [0.25, 0.3) is 0 Å². The SMILES string of the molecule is [2H]c1c([2H])c([2H])c(-c2c([2H])c([2H])c3c(oc4c([2H])c([2H])c([2H])c(-c5c6ccccc6c(-c6cc(-c7ccccc7)cc(-c7ccccc7)c6)c6ccccc56)c43)c2[2H])c([2H])c1[2H]. The number of hydrogen-bond donors (Lipinski definition) is 0. The summed E-state index contributed by atoms with van der Waals surface area (Å²) in [5.41, 5.74) is 5.50. The van der Waals surface area contributed by atoms with Crippen molar-refractivity contribution in [1.82, 2.24) is 0 Å². The van der Waals surface area contributed by atoms with Crippen molar-refractivity contribution in [3.8, 4) is 55.6 Å². The molecule has 9 aromatic carbocycles. The zero-order valence-corrected chi connectivity index (χ0v) is 27.0. The van der Waals surface area contributed by atoms with Crippen LogP contribution in [0, 0.1) is 0 Å². The molecule has 1 nitrogen and oxygen atoms in total. The maximum Gasteiger partial charge on any atom is 0.136 e. The Hall–Kier alpha value is -6.70. The normalized spacial score (nSPS) is 14.5. The first kappa shape index (κ1) is 20.1. The minimum atomic E-state index is -0.658. The number of benzene rings is 9. The Balaban J connectivity index is 1.33. The fourth-order valence-corrected chi connectivity index (χ4v) is 7.21. The first-order valence-corrected chi connectivity index (χ1v) is 16.6. The van der Waals surface area contributed by atoms with Crippen molar-refractivity contribution >= 4 is 43.5 Å². The molecular formula is C50H32O. The molecule has 1 aromatic heterocycles. The topological polar surface area (TPSA) is 13.1 Å². The Morgan fingerprint density at radius 3 is 1.51 bits per heavy atom. The molecule has 0 radical (unpaired) electrons. The molecule has 0 saturated heterocycles. The minimum Gasteiger partial charge on any atom is -0.456 e. The van der Waals surface area contributed by atoms with Crippen LogP contribution in [0.15, 0.2) is 198 Å². The molecule has 51 heavy (non-hydrogen) atoms. The molecular weight excluding hydrogens is 617 g/mol. The van der Waals surface area contributed by atoms with E-state index in [9.17, 15) is 5.48 Å². The van der Waals surface area contributed by atoms with Gasteiger partial charge < -0.3 is 4.42 Å². The molecule has 0 aliphatic heterocycles. The molecule has 0 aliphatic carbocycles. The monoisotopic (exact) mass is 659 g/mol. The van der Waals surface area contributed by atoms with Crippen molar-refractivity contribution in [2.75, 3.05) is 0 Å². The van der Waals surface area contributed by atoms with Crippen LogP contribution in [0.5, 0.6) is 0 Å². The van der Waals surface area contributed by atoms with Gasteiger partial charge in [0.15, 0.2) is 0 Å². The second-order valence-electron chi connectivity index (χ2n) is 12.4. The van der Waals surface area contributed by atoms with Gasteiger partial charge in [0.05, 0.1) is 15.1 Å². The van der Waals surface area contributed by atoms with Gasteiger partial charge in [0.2, 0.25) is 0 Å². The van der Waals surface area contributed by atoms with Crippen LogP contribution < -0.4 is 0 Å². The van der Waals surface area contributed by atoms with Crippen LogP contribution in [-0.4, -0.2) is 0 Å². The van der Waals surface area contributed by atoms with Gasteiger partial charge in [-0.15, -0.1) is 0 Å². The molecule has 1 heteroatoms. The van der Waals surface area contributed by atoms with Crippen molar-refractivity contribution in [2.45, 2.75) is 0 Å². The molecule has 10 rings (SSSR count). The predicted molar refractivity (Wildman–Crippen MR) is 216 cm³/mol. The van der Waals surface area contributed by atoms with E-state index in [2.05, 4.69) is 42.5 Å². The maximum absolute atomic E-state index is 9.55. The van der Waals surface area contributed by atoms with Crippen molar-refractivity contribution in [3.05, 3.63) is 194 Å². The lowest BCUT2D eigenvalue weighted by atomic mass is 9.83. The van der Waals surface area contributed by atoms with Crippen molar-refractivity contribution < 1.29 is 19.5 Å². The Morgan fingerprint density at radius 2 is 0.902 bits per heavy atom. The summed E-state index contributed by atoms with van der Waals surface area (Å²) in [6, 6.07) is 36.4. The van der Waals surface area contributed by atoms with E-state index < -0.39 is 71.6 Å². The zero-order chi connectivity index (χ0) is 43.3. The molecule has 0 atom stereocenters. The average molecular weight is 660 g/mol. The van der Waals surface area contributed by atoms with Crippen molar-refractivity contribution in [1.29, 1.82) is 0 Å². The third kappa shape index (κ3) is 4.94. The molecule has 0 fully saturated rings. The summed E-state index contributed by atoms with van der Waals surface area (Å²) < 4.78 is 104. The molecule has 0 bridgehead atoms. The van der Waals surface area contributed by atoms with Crippen LogP contribution in [0.1, 0.15) is 15.1 Å². The zero-order valence-electron chi connectivity index (χ0n) is 38.0. The molecule has 0 unspecified atom stereocenters. The van der Waals surface area contributed by atoms with Gasteiger partial charge in [-0.2, -0.15) is 0 Å². The summed E-state index contributed by atoms with van der Waals surface area (Å²) in [4.78, 5) is 0. The highest BCUT2D eigenvalue weighted by Crippen LogP contribution is 2.48. The second-order valence-corrected chi connectivity index (χ2v) is 12.4. The number of rotatable bonds is 5. The van der Waals surface area contributed by atoms with Crippen molar-refractivity contribution in [2.24, 2.45) is 0 Å². The molecule has 1 heterocycles. The predicted octanol–water partition coefficient (Wildman–Crippen LogP) is 14.2. The molecule has 238 valence electrons. The largest absolute Gasteiger partial charge is 0.456 e. The first-order chi connectivity index (χ1) is 29.9. The lowest BCUT2D eigenvalue weighted by Crippen LogP contribution is -1.92. The highest BCUT2D eigenvalue weighted by Gasteiger charge is 2.21. The second kappa shape index (κ2) is 12.0. The molecule has 10 aromatic rings. The summed E-state index contributed by atoms with van der Waals surface area (Å²) in [6.45, 7) is 0. The lowest BCUT2D eigenvalue weighted by molar-refractivity contribution is 0.669. The standard InChI is InChI=1S/C50H32O/c1-4-15-33(16-5-1)36-27-28-44-47(32-36)51-46-26-14-25-45(50(44)46)49-42-23-12-10-21-40(42)48(41-22-11-13-24-43(41)49)39-30-37(34-17-6-2-7-18-34)29-38(31-39)35-19-8-3-9-20-35/h1-32H/i1D,4D,5D,14D,15D,16D,25D,26D,27D,28D,32D. The van der Waals surface area contributed by atoms with Gasteiger partial charge in [-0.05, 0) is 114 Å². The van der Waals surface area contributed by atoms with Gasteiger partial charge >= 0.3 is 0 Å². The van der Waals surface area contributed by atoms with E-state index in [-0.39, 0.29) is 33.5 Å². The van der Waals surface area contributed by atoms with Crippen LogP contribution in [0.25, 0.3) is 99.1 Å². The molecule has 0 saturated carbocycles. The van der Waals surface area contributed by atoms with E-state index in [0.29, 0.717) is 16.3 Å². The summed E-state index contributed by atoms with van der Waals surface area (Å²) in [7, 11) is 0. The van der Waals surface area contributed by atoms with Gasteiger partial charge in [0.1, 0.15) is 11.2 Å². The number of furan rings is 1. The smallest absolute Gasteiger partial charge is 0.136 e. The van der Waals surface area contributed by atoms with E-state index >= 15 is 0 Å². The highest BCUT2D eigenvalue weighted by molar-refractivity contribution is 6.25. The van der Waals surface area contributed by atoms with Crippen LogP contribution in [0.2, 0.25) is 0 Å². The Labute approximate surface area is 312 Å². The minimum absolute atomic E-state index is 0.0524. The van der Waals surface area contributed by atoms with E-state index in [1.807, 2.05) is 84.9 Å². The van der Waals surface area contributed by atoms with E-state index in [1.165, 1.54) is 0 Å². The van der Waals surface area contributed by atoms with Crippen molar-refractivity contribution in [3.63, 3.8) is 0 Å². The van der Waals surface area contributed by atoms with Gasteiger partial charge in [0, 0.05) is 10.8 Å². The number of hydrogen-bond acceptors (Lipinski definition) is 1. The van der Waals surface area contributed by atoms with E-state index in [1.54, 1.807) is 0 Å². The van der Waals surface area contributed by atoms with E-state index in [4.69, 9.17) is 14.0 Å². The Bertz CT molecular complexity index is 3380. The van der Waals surface area contributed by atoms with Crippen LogP contribution in [-0.2, 0) is 0 Å². The Morgan fingerprint density at radius 1 is 0.353 bits per heavy atom. The van der Waals surface area contributed by atoms with Crippen LogP contribution in [0.4, 0.5) is 0 Å². The summed E-state index contributed by atoms with van der Waals surface area (Å²) in [6.07, 6.45) is 0. The summed E-state index contributed by atoms with van der Waals surface area (Å²) >= 11 is 0. The molecule has 0 spiro atoms. The maximum atomic E-state index is 9.55. The number of fused-ring (bicyclic) bond motifs is 5. The quantitative estimate of drug-likeness (QED) is 0.168. The third-order valence-corrected chi connectivity index (χ3v) is 9.44. The fourth-order valence-electron chi connectivity index (χ4n) is 7.21. The first-order valence-electron chi connectivity index (χ1n) is 22.1. The molecule has 0 aliphatic rings. The van der Waals surface area contributed by atoms with Gasteiger partial charge in [-0.25, -0.2) is 0 Å². The van der Waals surface area contributed by atoms with Crippen LogP contribution >= 0.6 is 0 Å². The Kier molecular flexibility index (Phi) is 4.73. The fraction of sp³-hybridized carbons (Fsp3) is 0. The van der Waals surface area contributed by atoms with Crippen LogP contribution in [0.3, 0.4) is 0 Å². The third-order valence-electron chi connectivity index (χ3n) is 9.44. The molecule has 0 N–H and O–H groups in total. The van der Waals surface area contributed by atoms with Gasteiger partial charge in [-0.1, -0.05) is 158 Å². The van der Waals surface area contributed by atoms with Gasteiger partial charge in [-0.3, -0.25) is 0 Å². The average Bonchev–Trinajstić information content (AvgIpc) is 3.71. The van der Waals surface area contributed by atoms with E-state index in [0.717, 1.165) is 44.2 Å². The molecule has 0 amide bonds. The lowest BCUT2D eigenvalue weighted by Gasteiger charge is -2.19. The highest BCUT2D eigenvalue weighted by atomic mass is 16.3.